The van der Waals surface area contributed by atoms with Crippen LogP contribution in [0.1, 0.15) is 32.6 Å². The van der Waals surface area contributed by atoms with Gasteiger partial charge in [-0.3, -0.25) is 4.40 Å². The highest BCUT2D eigenvalue weighted by molar-refractivity contribution is 14.1. The minimum Gasteiger partial charge on any atom is -0.342 e. The SMILES string of the molecule is CCCC1CCN(c2ncc(I)c3nccn23)CC1. The van der Waals surface area contributed by atoms with Gasteiger partial charge < -0.3 is 4.90 Å². The summed E-state index contributed by atoms with van der Waals surface area (Å²) in [4.78, 5) is 11.4. The average molecular weight is 370 g/mol. The molecule has 0 spiro atoms. The van der Waals surface area contributed by atoms with E-state index in [9.17, 15) is 0 Å². The van der Waals surface area contributed by atoms with Crippen LogP contribution in [-0.4, -0.2) is 27.5 Å². The van der Waals surface area contributed by atoms with E-state index < -0.39 is 0 Å². The molecule has 0 radical (unpaired) electrons. The summed E-state index contributed by atoms with van der Waals surface area (Å²) in [7, 11) is 0. The van der Waals surface area contributed by atoms with E-state index in [-0.39, 0.29) is 0 Å². The Labute approximate surface area is 127 Å². The molecular formula is C14H19IN4. The van der Waals surface area contributed by atoms with Crippen LogP contribution in [0.15, 0.2) is 18.6 Å². The number of hydrogen-bond donors (Lipinski definition) is 0. The van der Waals surface area contributed by atoms with Crippen LogP contribution in [0, 0.1) is 9.49 Å². The van der Waals surface area contributed by atoms with Crippen molar-refractivity contribution < 1.29 is 0 Å². The number of aromatic nitrogens is 3. The Hall–Kier alpha value is -0.850. The predicted octanol–water partition coefficient (Wildman–Crippen LogP) is 3.35. The van der Waals surface area contributed by atoms with E-state index in [4.69, 9.17) is 0 Å². The molecule has 2 aromatic rings. The summed E-state index contributed by atoms with van der Waals surface area (Å²) >= 11 is 2.29. The molecule has 1 aliphatic heterocycles. The molecule has 3 heterocycles. The van der Waals surface area contributed by atoms with Crippen molar-refractivity contribution in [1.29, 1.82) is 0 Å². The first-order chi connectivity index (χ1) is 9.29. The van der Waals surface area contributed by atoms with Crippen molar-refractivity contribution in [2.24, 2.45) is 5.92 Å². The summed E-state index contributed by atoms with van der Waals surface area (Å²) in [6.45, 7) is 4.51. The fourth-order valence-electron chi connectivity index (χ4n) is 2.94. The van der Waals surface area contributed by atoms with Gasteiger partial charge in [0.25, 0.3) is 0 Å². The molecule has 1 saturated heterocycles. The molecule has 5 heteroatoms. The first-order valence-corrected chi connectivity index (χ1v) is 8.10. The molecule has 0 N–H and O–H groups in total. The number of imidazole rings is 1. The molecule has 0 saturated carbocycles. The Morgan fingerprint density at radius 2 is 2.11 bits per heavy atom. The molecule has 0 aliphatic carbocycles. The Morgan fingerprint density at radius 3 is 2.84 bits per heavy atom. The Kier molecular flexibility index (Phi) is 3.91. The monoisotopic (exact) mass is 370 g/mol. The minimum absolute atomic E-state index is 0.906. The van der Waals surface area contributed by atoms with Gasteiger partial charge in [0.05, 0.1) is 3.57 Å². The summed E-state index contributed by atoms with van der Waals surface area (Å²) in [5.74, 6) is 1.95. The van der Waals surface area contributed by atoms with E-state index in [2.05, 4.69) is 48.8 Å². The summed E-state index contributed by atoms with van der Waals surface area (Å²) in [5, 5.41) is 0. The lowest BCUT2D eigenvalue weighted by molar-refractivity contribution is 0.375. The smallest absolute Gasteiger partial charge is 0.211 e. The van der Waals surface area contributed by atoms with Gasteiger partial charge in [-0.05, 0) is 41.4 Å². The van der Waals surface area contributed by atoms with Crippen molar-refractivity contribution in [2.75, 3.05) is 18.0 Å². The Bertz CT molecular complexity index is 558. The Balaban J connectivity index is 1.82. The van der Waals surface area contributed by atoms with Crippen molar-refractivity contribution in [1.82, 2.24) is 14.4 Å². The molecule has 0 unspecified atom stereocenters. The lowest BCUT2D eigenvalue weighted by Crippen LogP contribution is -2.35. The summed E-state index contributed by atoms with van der Waals surface area (Å²) in [6, 6.07) is 0. The van der Waals surface area contributed by atoms with Crippen molar-refractivity contribution in [3.05, 3.63) is 22.2 Å². The van der Waals surface area contributed by atoms with Gasteiger partial charge in [0.1, 0.15) is 0 Å². The maximum absolute atomic E-state index is 4.61. The third kappa shape index (κ3) is 2.57. The molecule has 1 fully saturated rings. The Morgan fingerprint density at radius 1 is 1.32 bits per heavy atom. The van der Waals surface area contributed by atoms with E-state index in [0.29, 0.717) is 0 Å². The van der Waals surface area contributed by atoms with Gasteiger partial charge in [0.2, 0.25) is 5.95 Å². The second-order valence-corrected chi connectivity index (χ2v) is 6.41. The molecule has 19 heavy (non-hydrogen) atoms. The summed E-state index contributed by atoms with van der Waals surface area (Å²) in [5.41, 5.74) is 1.02. The fraction of sp³-hybridized carbons (Fsp3) is 0.571. The third-order valence-corrected chi connectivity index (χ3v) is 4.72. The van der Waals surface area contributed by atoms with Gasteiger partial charge in [-0.25, -0.2) is 9.97 Å². The molecule has 0 atom stereocenters. The van der Waals surface area contributed by atoms with Gasteiger partial charge in [-0.2, -0.15) is 0 Å². The van der Waals surface area contributed by atoms with Crippen molar-refractivity contribution in [3.8, 4) is 0 Å². The normalized spacial score (nSPS) is 17.3. The van der Waals surface area contributed by atoms with E-state index in [0.717, 1.165) is 34.2 Å². The van der Waals surface area contributed by atoms with E-state index >= 15 is 0 Å². The lowest BCUT2D eigenvalue weighted by atomic mass is 9.93. The molecule has 0 aromatic carbocycles. The molecule has 0 bridgehead atoms. The van der Waals surface area contributed by atoms with Crippen molar-refractivity contribution >= 4 is 34.2 Å². The van der Waals surface area contributed by atoms with Crippen LogP contribution in [-0.2, 0) is 0 Å². The van der Waals surface area contributed by atoms with E-state index in [1.54, 1.807) is 0 Å². The van der Waals surface area contributed by atoms with Crippen LogP contribution >= 0.6 is 22.6 Å². The zero-order valence-electron chi connectivity index (χ0n) is 11.2. The average Bonchev–Trinajstić information content (AvgIpc) is 2.91. The largest absolute Gasteiger partial charge is 0.342 e. The summed E-state index contributed by atoms with van der Waals surface area (Å²) < 4.78 is 3.22. The third-order valence-electron chi connectivity index (χ3n) is 3.96. The van der Waals surface area contributed by atoms with Crippen LogP contribution in [0.3, 0.4) is 0 Å². The van der Waals surface area contributed by atoms with Crippen LogP contribution < -0.4 is 4.90 Å². The van der Waals surface area contributed by atoms with E-state index in [1.807, 2.05) is 18.6 Å². The van der Waals surface area contributed by atoms with Crippen LogP contribution in [0.25, 0.3) is 5.65 Å². The molecule has 4 nitrogen and oxygen atoms in total. The van der Waals surface area contributed by atoms with E-state index in [1.165, 1.54) is 25.7 Å². The lowest BCUT2D eigenvalue weighted by Gasteiger charge is -2.32. The molecule has 102 valence electrons. The van der Waals surface area contributed by atoms with Gasteiger partial charge in [0, 0.05) is 31.7 Å². The number of nitrogens with zero attached hydrogens (tertiary/aromatic N) is 4. The second kappa shape index (κ2) is 5.64. The predicted molar refractivity (Wildman–Crippen MR) is 85.5 cm³/mol. The first kappa shape index (κ1) is 13.1. The zero-order valence-corrected chi connectivity index (χ0v) is 13.4. The van der Waals surface area contributed by atoms with Gasteiger partial charge in [-0.15, -0.1) is 0 Å². The van der Waals surface area contributed by atoms with Gasteiger partial charge in [-0.1, -0.05) is 19.8 Å². The second-order valence-electron chi connectivity index (χ2n) is 5.25. The van der Waals surface area contributed by atoms with Crippen LogP contribution in [0.5, 0.6) is 0 Å². The topological polar surface area (TPSA) is 33.4 Å². The van der Waals surface area contributed by atoms with Crippen molar-refractivity contribution in [2.45, 2.75) is 32.6 Å². The van der Waals surface area contributed by atoms with Crippen LogP contribution in [0.2, 0.25) is 0 Å². The molecular weight excluding hydrogens is 351 g/mol. The maximum atomic E-state index is 4.61. The first-order valence-electron chi connectivity index (χ1n) is 7.02. The van der Waals surface area contributed by atoms with Gasteiger partial charge >= 0.3 is 0 Å². The number of rotatable bonds is 3. The van der Waals surface area contributed by atoms with Crippen LogP contribution in [0.4, 0.5) is 5.95 Å². The molecule has 3 rings (SSSR count). The number of anilines is 1. The number of hydrogen-bond acceptors (Lipinski definition) is 3. The molecule has 0 amide bonds. The molecule has 1 aliphatic rings. The fourth-order valence-corrected chi connectivity index (χ4v) is 3.48. The number of fused-ring (bicyclic) bond motifs is 1. The highest BCUT2D eigenvalue weighted by Crippen LogP contribution is 2.26. The van der Waals surface area contributed by atoms with Crippen molar-refractivity contribution in [3.63, 3.8) is 0 Å². The highest BCUT2D eigenvalue weighted by Gasteiger charge is 2.21. The minimum atomic E-state index is 0.906. The standard InChI is InChI=1S/C14H19IN4/c1-2-3-11-4-7-18(8-5-11)14-17-10-12(15)13-16-6-9-19(13)14/h6,9-11H,2-5,7-8H2,1H3. The number of halogens is 1. The quantitative estimate of drug-likeness (QED) is 0.777. The maximum Gasteiger partial charge on any atom is 0.211 e. The number of piperidine rings is 1. The summed E-state index contributed by atoms with van der Waals surface area (Å²) in [6.07, 6.45) is 11.0. The highest BCUT2D eigenvalue weighted by atomic mass is 127. The molecule has 2 aromatic heterocycles. The zero-order chi connectivity index (χ0) is 13.2. The van der Waals surface area contributed by atoms with Gasteiger partial charge in [0.15, 0.2) is 5.65 Å².